The van der Waals surface area contributed by atoms with Gasteiger partial charge in [-0.2, -0.15) is 0 Å². The first-order chi connectivity index (χ1) is 8.93. The lowest BCUT2D eigenvalue weighted by Gasteiger charge is -2.30. The van der Waals surface area contributed by atoms with Gasteiger partial charge in [0.05, 0.1) is 17.0 Å². The van der Waals surface area contributed by atoms with Gasteiger partial charge in [0.15, 0.2) is 9.84 Å². The van der Waals surface area contributed by atoms with Gasteiger partial charge in [-0.05, 0) is 33.6 Å². The molecular weight excluding hydrogens is 284 g/mol. The van der Waals surface area contributed by atoms with Gasteiger partial charge < -0.3 is 15.7 Å². The Morgan fingerprint density at radius 3 is 2.40 bits per heavy atom. The minimum absolute atomic E-state index is 0.0427. The first-order valence-corrected chi connectivity index (χ1v) is 8.28. The quantitative estimate of drug-likeness (QED) is 0.685. The standard InChI is InChI=1S/C12H22N2O5S/c1-11(2,5-4-9(15)16)13-10(17)14-12(3)6-7-20(18,19)8-12/h4-8H2,1-3H3,(H,15,16)(H2,13,14,17). The number of carbonyl (C=O) groups excluding carboxylic acids is 1. The maximum absolute atomic E-state index is 11.9. The largest absolute Gasteiger partial charge is 0.481 e. The van der Waals surface area contributed by atoms with E-state index in [1.54, 1.807) is 20.8 Å². The van der Waals surface area contributed by atoms with Crippen molar-refractivity contribution < 1.29 is 23.1 Å². The number of sulfone groups is 1. The van der Waals surface area contributed by atoms with Crippen LogP contribution in [0.25, 0.3) is 0 Å². The van der Waals surface area contributed by atoms with Crippen molar-refractivity contribution in [2.75, 3.05) is 11.5 Å². The molecule has 1 aliphatic heterocycles. The van der Waals surface area contributed by atoms with Crippen LogP contribution in [0.15, 0.2) is 0 Å². The maximum Gasteiger partial charge on any atom is 0.315 e. The second-order valence-corrected chi connectivity index (χ2v) is 8.44. The molecule has 0 aromatic rings. The Morgan fingerprint density at radius 2 is 1.95 bits per heavy atom. The second-order valence-electron chi connectivity index (χ2n) is 6.26. The van der Waals surface area contributed by atoms with E-state index in [2.05, 4.69) is 10.6 Å². The van der Waals surface area contributed by atoms with Gasteiger partial charge in [0.1, 0.15) is 0 Å². The first kappa shape index (κ1) is 16.7. The van der Waals surface area contributed by atoms with Gasteiger partial charge in [0.25, 0.3) is 0 Å². The predicted octanol–water partition coefficient (Wildman–Crippen LogP) is 0.506. The minimum Gasteiger partial charge on any atom is -0.481 e. The average molecular weight is 306 g/mol. The van der Waals surface area contributed by atoms with E-state index in [-0.39, 0.29) is 17.9 Å². The van der Waals surface area contributed by atoms with E-state index < -0.39 is 32.9 Å². The third kappa shape index (κ3) is 5.36. The number of carboxylic acid groups (broad SMARTS) is 1. The molecule has 0 saturated carbocycles. The molecule has 7 nitrogen and oxygen atoms in total. The molecular formula is C12H22N2O5S. The molecule has 8 heteroatoms. The number of carboxylic acids is 1. The molecule has 0 aromatic carbocycles. The van der Waals surface area contributed by atoms with Crippen molar-refractivity contribution >= 4 is 21.8 Å². The average Bonchev–Trinajstić information content (AvgIpc) is 2.48. The van der Waals surface area contributed by atoms with Crippen LogP contribution in [-0.4, -0.2) is 48.1 Å². The van der Waals surface area contributed by atoms with Crippen LogP contribution in [0.2, 0.25) is 0 Å². The molecule has 1 aliphatic rings. The third-order valence-corrected chi connectivity index (χ3v) is 5.24. The normalized spacial score (nSPS) is 25.1. The van der Waals surface area contributed by atoms with Gasteiger partial charge in [-0.15, -0.1) is 0 Å². The number of rotatable bonds is 5. The molecule has 0 aliphatic carbocycles. The van der Waals surface area contributed by atoms with Crippen molar-refractivity contribution in [2.45, 2.75) is 51.1 Å². The van der Waals surface area contributed by atoms with Crippen LogP contribution < -0.4 is 10.6 Å². The number of amides is 2. The van der Waals surface area contributed by atoms with Crippen LogP contribution in [-0.2, 0) is 14.6 Å². The lowest BCUT2D eigenvalue weighted by molar-refractivity contribution is -0.137. The molecule has 2 amide bonds. The van der Waals surface area contributed by atoms with E-state index in [0.717, 1.165) is 0 Å². The Bertz CT molecular complexity index is 500. The van der Waals surface area contributed by atoms with Crippen molar-refractivity contribution in [1.29, 1.82) is 0 Å². The number of hydrogen-bond donors (Lipinski definition) is 3. The molecule has 3 N–H and O–H groups in total. The van der Waals surface area contributed by atoms with Crippen molar-refractivity contribution in [3.63, 3.8) is 0 Å². The molecule has 116 valence electrons. The van der Waals surface area contributed by atoms with Crippen molar-refractivity contribution in [3.8, 4) is 0 Å². The summed E-state index contributed by atoms with van der Waals surface area (Å²) in [5.74, 6) is -0.913. The Balaban J connectivity index is 2.53. The van der Waals surface area contributed by atoms with Crippen LogP contribution in [0.5, 0.6) is 0 Å². The fourth-order valence-corrected chi connectivity index (χ4v) is 4.30. The molecule has 1 heterocycles. The Hall–Kier alpha value is -1.31. The van der Waals surface area contributed by atoms with Gasteiger partial charge in [0.2, 0.25) is 0 Å². The molecule has 1 fully saturated rings. The summed E-state index contributed by atoms with van der Waals surface area (Å²) in [6.45, 7) is 5.15. The summed E-state index contributed by atoms with van der Waals surface area (Å²) in [4.78, 5) is 22.4. The lowest BCUT2D eigenvalue weighted by Crippen LogP contribution is -2.55. The van der Waals surface area contributed by atoms with E-state index in [0.29, 0.717) is 12.8 Å². The van der Waals surface area contributed by atoms with Gasteiger partial charge in [-0.3, -0.25) is 4.79 Å². The SMILES string of the molecule is CC(C)(CCC(=O)O)NC(=O)NC1(C)CCS(=O)(=O)C1. The van der Waals surface area contributed by atoms with Crippen LogP contribution >= 0.6 is 0 Å². The van der Waals surface area contributed by atoms with E-state index in [1.165, 1.54) is 0 Å². The number of hydrogen-bond acceptors (Lipinski definition) is 4. The lowest BCUT2D eigenvalue weighted by atomic mass is 9.98. The summed E-state index contributed by atoms with van der Waals surface area (Å²) in [6.07, 6.45) is 0.641. The van der Waals surface area contributed by atoms with Gasteiger partial charge in [-0.1, -0.05) is 0 Å². The monoisotopic (exact) mass is 306 g/mol. The van der Waals surface area contributed by atoms with E-state index in [4.69, 9.17) is 5.11 Å². The van der Waals surface area contributed by atoms with Crippen molar-refractivity contribution in [2.24, 2.45) is 0 Å². The Kier molecular flexibility index (Phi) is 4.68. The molecule has 1 unspecified atom stereocenters. The highest BCUT2D eigenvalue weighted by Crippen LogP contribution is 2.23. The van der Waals surface area contributed by atoms with Crippen molar-refractivity contribution in [3.05, 3.63) is 0 Å². The number of nitrogens with one attached hydrogen (secondary N) is 2. The van der Waals surface area contributed by atoms with Crippen LogP contribution in [0.3, 0.4) is 0 Å². The second kappa shape index (κ2) is 5.59. The Labute approximate surface area is 119 Å². The van der Waals surface area contributed by atoms with Crippen LogP contribution in [0, 0.1) is 0 Å². The summed E-state index contributed by atoms with van der Waals surface area (Å²) in [5.41, 5.74) is -1.43. The molecule has 1 saturated heterocycles. The fourth-order valence-electron chi connectivity index (χ4n) is 2.20. The summed E-state index contributed by atoms with van der Waals surface area (Å²) >= 11 is 0. The summed E-state index contributed by atoms with van der Waals surface area (Å²) in [6, 6.07) is -0.472. The van der Waals surface area contributed by atoms with Gasteiger partial charge in [0, 0.05) is 12.0 Å². The topological polar surface area (TPSA) is 113 Å². The number of urea groups is 1. The molecule has 0 radical (unpaired) electrons. The highest BCUT2D eigenvalue weighted by molar-refractivity contribution is 7.91. The minimum atomic E-state index is -3.08. The molecule has 0 bridgehead atoms. The van der Waals surface area contributed by atoms with E-state index in [9.17, 15) is 18.0 Å². The van der Waals surface area contributed by atoms with Crippen LogP contribution in [0.1, 0.15) is 40.0 Å². The van der Waals surface area contributed by atoms with Gasteiger partial charge in [-0.25, -0.2) is 13.2 Å². The zero-order valence-electron chi connectivity index (χ0n) is 12.0. The molecule has 20 heavy (non-hydrogen) atoms. The highest BCUT2D eigenvalue weighted by Gasteiger charge is 2.40. The van der Waals surface area contributed by atoms with E-state index >= 15 is 0 Å². The summed E-state index contributed by atoms with van der Waals surface area (Å²) in [7, 11) is -3.08. The number of aliphatic carboxylic acids is 1. The number of carbonyl (C=O) groups is 2. The molecule has 1 atom stereocenters. The summed E-state index contributed by atoms with van der Waals surface area (Å²) < 4.78 is 22.9. The molecule has 1 rings (SSSR count). The third-order valence-electron chi connectivity index (χ3n) is 3.33. The van der Waals surface area contributed by atoms with Crippen molar-refractivity contribution in [1.82, 2.24) is 10.6 Å². The maximum atomic E-state index is 11.9. The molecule has 0 spiro atoms. The zero-order valence-corrected chi connectivity index (χ0v) is 12.8. The highest BCUT2D eigenvalue weighted by atomic mass is 32.2. The van der Waals surface area contributed by atoms with Crippen LogP contribution in [0.4, 0.5) is 4.79 Å². The molecule has 0 aromatic heterocycles. The summed E-state index contributed by atoms with van der Waals surface area (Å²) in [5, 5.41) is 14.0. The fraction of sp³-hybridized carbons (Fsp3) is 0.833. The first-order valence-electron chi connectivity index (χ1n) is 6.46. The van der Waals surface area contributed by atoms with Gasteiger partial charge >= 0.3 is 12.0 Å². The van der Waals surface area contributed by atoms with E-state index in [1.807, 2.05) is 0 Å². The smallest absolute Gasteiger partial charge is 0.315 e. The Morgan fingerprint density at radius 1 is 1.35 bits per heavy atom. The zero-order chi connectivity index (χ0) is 15.6. The predicted molar refractivity (Wildman–Crippen MR) is 74.3 cm³/mol.